The van der Waals surface area contributed by atoms with Gasteiger partial charge in [-0.15, -0.1) is 0 Å². The predicted octanol–water partition coefficient (Wildman–Crippen LogP) is 5.01. The highest BCUT2D eigenvalue weighted by atomic mass is 32.2. The monoisotopic (exact) mass is 1350 g/mol. The molecule has 1 aromatic heterocycles. The molecule has 2 rings (SSSR count). The largest absolute Gasteiger partial charge is 0.390 e. The van der Waals surface area contributed by atoms with E-state index >= 15 is 28.8 Å². The van der Waals surface area contributed by atoms with Crippen molar-refractivity contribution in [1.82, 2.24) is 60.6 Å². The fraction of sp³-hybridized carbons (Fsp3) is 0.743. The molecule has 95 heavy (non-hydrogen) atoms. The molecule has 0 aliphatic carbocycles. The van der Waals surface area contributed by atoms with Gasteiger partial charge in [0.1, 0.15) is 66.5 Å². The number of pyridine rings is 1. The lowest BCUT2D eigenvalue weighted by Crippen LogP contribution is -2.64. The summed E-state index contributed by atoms with van der Waals surface area (Å²) in [6.07, 6.45) is 6.89. The van der Waals surface area contributed by atoms with Gasteiger partial charge in [0, 0.05) is 67.5 Å². The Hall–Kier alpha value is -6.63. The van der Waals surface area contributed by atoms with Crippen molar-refractivity contribution < 1.29 is 57.8 Å². The molecule has 1 aliphatic rings. The van der Waals surface area contributed by atoms with E-state index in [1.165, 1.54) is 104 Å². The summed E-state index contributed by atoms with van der Waals surface area (Å²) < 4.78 is 0. The maximum absolute atomic E-state index is 15.4. The number of hydrogen-bond donors (Lipinski definition) is 5. The van der Waals surface area contributed by atoms with Gasteiger partial charge in [0.2, 0.25) is 65.0 Å². The van der Waals surface area contributed by atoms with Crippen molar-refractivity contribution in [2.75, 3.05) is 60.8 Å². The van der Waals surface area contributed by atoms with Gasteiger partial charge in [-0.3, -0.25) is 57.7 Å². The Morgan fingerprint density at radius 2 is 0.905 bits per heavy atom. The highest BCUT2D eigenvalue weighted by Gasteiger charge is 2.46. The molecule has 13 atom stereocenters. The van der Waals surface area contributed by atoms with Gasteiger partial charge >= 0.3 is 0 Å². The Bertz CT molecular complexity index is 2750. The van der Waals surface area contributed by atoms with Crippen LogP contribution < -0.4 is 21.3 Å². The zero-order chi connectivity index (χ0) is 72.8. The van der Waals surface area contributed by atoms with Crippen LogP contribution in [0.1, 0.15) is 162 Å². The van der Waals surface area contributed by atoms with Crippen LogP contribution in [0.25, 0.3) is 0 Å². The number of nitrogens with one attached hydrogen (secondary N) is 4. The molecule has 1 aliphatic heterocycles. The number of thioether (sulfide) groups is 1. The molecule has 0 aromatic carbocycles. The number of amides is 11. The normalized spacial score (nSPS) is 26.1. The van der Waals surface area contributed by atoms with Crippen molar-refractivity contribution in [2.24, 2.45) is 41.4 Å². The van der Waals surface area contributed by atoms with Crippen LogP contribution in [0, 0.1) is 41.4 Å². The summed E-state index contributed by atoms with van der Waals surface area (Å²) in [4.78, 5) is 177. The average Bonchev–Trinajstić information content (AvgIpc) is 0.814. The number of allylic oxidation sites excluding steroid dienone is 2. The van der Waals surface area contributed by atoms with Crippen molar-refractivity contribution >= 4 is 76.7 Å². The maximum atomic E-state index is 15.4. The minimum Gasteiger partial charge on any atom is -0.390 e. The van der Waals surface area contributed by atoms with Crippen LogP contribution >= 0.6 is 11.8 Å². The van der Waals surface area contributed by atoms with Crippen molar-refractivity contribution in [3.8, 4) is 0 Å². The number of aryl methyl sites for hydroxylation is 1. The number of aromatic nitrogens is 1. The molecule has 0 saturated carbocycles. The van der Waals surface area contributed by atoms with Gasteiger partial charge in [0.25, 0.3) is 0 Å². The number of carbonyl (C=O) groups is 11. The molecule has 0 spiro atoms. The average molecular weight is 1350 g/mol. The molecule has 1 fully saturated rings. The molecule has 0 bridgehead atoms. The first-order chi connectivity index (χ1) is 44.2. The molecule has 24 nitrogen and oxygen atoms in total. The van der Waals surface area contributed by atoms with E-state index < -0.39 is 155 Å². The number of rotatable bonds is 20. The third-order valence-electron chi connectivity index (χ3n) is 17.9. The van der Waals surface area contributed by atoms with Crippen molar-refractivity contribution in [1.29, 1.82) is 0 Å². The first-order valence-corrected chi connectivity index (χ1v) is 35.2. The second kappa shape index (κ2) is 39.6. The van der Waals surface area contributed by atoms with Gasteiger partial charge in [-0.25, -0.2) is 0 Å². The minimum atomic E-state index is -1.64. The molecule has 1 aromatic rings. The number of nitrogens with zero attached hydrogens (tertiary/aromatic N) is 8. The Kier molecular flexibility index (Phi) is 35.2. The third-order valence-corrected chi connectivity index (χ3v) is 19.0. The molecular weight excluding hydrogens is 1230 g/mol. The standard InChI is InChI=1S/C70H120N12O12S/c1-25-27-28-46(15)59(83)58-63(87)74-50(26-2)65(89)80(22)55(39-95-34-31-49-29-32-71-33-30-49)68(92)76(18)52(36-41(5)6)62(86)75-56(44(11)12)69(93)77(19)51(35-40(3)4)61(85)72-47(16)60(84)73-48(17)64(88)78(20)53(37-42(7)8)66(90)79(21)54(38-43(9)10)67(91)81(23)57(45(13)14)70(94)82(58)24/h25,27,29-30,32-33,40-48,50-59,83H,26,28,31,34-39H2,1-24H3,(H,72,85)(H,73,84)(H,74,87)(H,75,86)/b27-25+/t46-,47+,48-,50+,51+,52+,53+,54+,55-,56+,57+,58+,59-/m1/s1. The lowest BCUT2D eigenvalue weighted by molar-refractivity contribution is -0.157. The van der Waals surface area contributed by atoms with Crippen LogP contribution in [-0.4, -0.2) is 243 Å². The third kappa shape index (κ3) is 24.2. The molecule has 11 amide bonds. The lowest BCUT2D eigenvalue weighted by Gasteiger charge is -2.41. The molecule has 0 radical (unpaired) electrons. The molecule has 1 saturated heterocycles. The van der Waals surface area contributed by atoms with Gasteiger partial charge < -0.3 is 60.7 Å². The Balaban J connectivity index is 3.11. The second-order valence-electron chi connectivity index (χ2n) is 28.5. The minimum absolute atomic E-state index is 0.00302. The zero-order valence-corrected chi connectivity index (χ0v) is 62.5. The summed E-state index contributed by atoms with van der Waals surface area (Å²) in [6, 6.07) is -10.1. The van der Waals surface area contributed by atoms with E-state index in [9.17, 15) is 29.1 Å². The Labute approximate surface area is 572 Å². The van der Waals surface area contributed by atoms with E-state index in [0.717, 1.165) is 10.5 Å². The quantitative estimate of drug-likeness (QED) is 0.0848. The van der Waals surface area contributed by atoms with Crippen LogP contribution in [0.4, 0.5) is 0 Å². The lowest BCUT2D eigenvalue weighted by atomic mass is 9.91. The molecule has 538 valence electrons. The number of carbonyl (C=O) groups excluding carboxylic acids is 11. The molecular formula is C70H120N12O12S. The van der Waals surface area contributed by atoms with Crippen LogP contribution in [-0.2, 0) is 59.2 Å². The zero-order valence-electron chi connectivity index (χ0n) is 61.7. The van der Waals surface area contributed by atoms with Crippen molar-refractivity contribution in [2.45, 2.75) is 235 Å². The summed E-state index contributed by atoms with van der Waals surface area (Å²) in [7, 11) is 10.1. The van der Waals surface area contributed by atoms with Crippen molar-refractivity contribution in [3.63, 3.8) is 0 Å². The van der Waals surface area contributed by atoms with Crippen LogP contribution in [0.3, 0.4) is 0 Å². The van der Waals surface area contributed by atoms with Gasteiger partial charge in [0.05, 0.1) is 6.10 Å². The van der Waals surface area contributed by atoms with E-state index in [0.29, 0.717) is 18.6 Å². The molecule has 0 unspecified atom stereocenters. The van der Waals surface area contributed by atoms with Crippen LogP contribution in [0.15, 0.2) is 36.7 Å². The van der Waals surface area contributed by atoms with Crippen LogP contribution in [0.5, 0.6) is 0 Å². The highest BCUT2D eigenvalue weighted by Crippen LogP contribution is 2.27. The fourth-order valence-corrected chi connectivity index (χ4v) is 13.1. The summed E-state index contributed by atoms with van der Waals surface area (Å²) >= 11 is 1.40. The fourth-order valence-electron chi connectivity index (χ4n) is 11.9. The number of hydrogen-bond acceptors (Lipinski definition) is 14. The second-order valence-corrected chi connectivity index (χ2v) is 29.6. The van der Waals surface area contributed by atoms with E-state index in [4.69, 9.17) is 0 Å². The van der Waals surface area contributed by atoms with Gasteiger partial charge in [-0.05, 0) is 131 Å². The molecule has 25 heteroatoms. The van der Waals surface area contributed by atoms with Gasteiger partial charge in [-0.2, -0.15) is 11.8 Å². The van der Waals surface area contributed by atoms with E-state index in [1.54, 1.807) is 60.0 Å². The number of aliphatic hydroxyl groups is 1. The predicted molar refractivity (Wildman–Crippen MR) is 373 cm³/mol. The number of likely N-dealkylation sites (N-methyl/N-ethyl adjacent to an activating group) is 7. The van der Waals surface area contributed by atoms with Crippen LogP contribution in [0.2, 0.25) is 0 Å². The summed E-state index contributed by atoms with van der Waals surface area (Å²) in [5, 5.41) is 23.5. The topological polar surface area (TPSA) is 292 Å². The Morgan fingerprint density at radius 3 is 1.38 bits per heavy atom. The molecule has 5 N–H and O–H groups in total. The van der Waals surface area contributed by atoms with E-state index in [2.05, 4.69) is 26.3 Å². The first kappa shape index (κ1) is 84.5. The van der Waals surface area contributed by atoms with Gasteiger partial charge in [0.15, 0.2) is 0 Å². The summed E-state index contributed by atoms with van der Waals surface area (Å²) in [6.45, 7) is 30.0. The smallest absolute Gasteiger partial charge is 0.246 e. The van der Waals surface area contributed by atoms with Crippen molar-refractivity contribution in [3.05, 3.63) is 42.2 Å². The maximum Gasteiger partial charge on any atom is 0.246 e. The molecule has 2 heterocycles. The van der Waals surface area contributed by atoms with Gasteiger partial charge in [-0.1, -0.05) is 109 Å². The summed E-state index contributed by atoms with van der Waals surface area (Å²) in [5.41, 5.74) is 0.993. The first-order valence-electron chi connectivity index (χ1n) is 34.0. The SMILES string of the molecule is C/C=C/C[C@@H](C)[C@@H](O)[C@H]1C(=O)N[C@@H](CC)C(=O)N(C)[C@H](CSCCc2ccncc2)C(=O)N(C)[C@@H](CC(C)C)C(=O)N[C@@H](C(C)C)C(=O)N(C)[C@@H](CC(C)C)C(=O)N[C@@H](C)C(=O)N[C@H](C)C(=O)N(C)[C@@H](CC(C)C)C(=O)N(C)[C@@H](CC(C)C)C(=O)N(C)[C@@H](C(C)C)C(=O)N1C. The Morgan fingerprint density at radius 1 is 0.484 bits per heavy atom. The number of aliphatic hydroxyl groups excluding tert-OH is 1. The van der Waals surface area contributed by atoms with E-state index in [-0.39, 0.29) is 61.5 Å². The van der Waals surface area contributed by atoms with E-state index in [1.807, 2.05) is 80.5 Å². The highest BCUT2D eigenvalue weighted by molar-refractivity contribution is 7.99. The summed E-state index contributed by atoms with van der Waals surface area (Å²) in [5.74, 6) is -9.30.